The third-order valence-corrected chi connectivity index (χ3v) is 0. The molecule has 0 spiro atoms. The largest absolute Gasteiger partial charge is 0.466 e. The highest BCUT2D eigenvalue weighted by molar-refractivity contribution is 7.45. The summed E-state index contributed by atoms with van der Waals surface area (Å²) in [6, 6.07) is 0. The van der Waals surface area contributed by atoms with Gasteiger partial charge in [-0.2, -0.15) is 0 Å². The summed E-state index contributed by atoms with van der Waals surface area (Å²) in [6.07, 6.45) is 0. The SMILES string of the molecule is Cl.O=P(O)(O)O.[MgH2]. The van der Waals surface area contributed by atoms with E-state index in [0.29, 0.717) is 0 Å². The summed E-state index contributed by atoms with van der Waals surface area (Å²) in [5, 5.41) is 0. The van der Waals surface area contributed by atoms with Crippen molar-refractivity contribution in [3.05, 3.63) is 0 Å². The van der Waals surface area contributed by atoms with Gasteiger partial charge in [0.05, 0.1) is 0 Å². The summed E-state index contributed by atoms with van der Waals surface area (Å²) in [4.78, 5) is 21.6. The number of phosphoric acid groups is 1. The van der Waals surface area contributed by atoms with Crippen molar-refractivity contribution < 1.29 is 19.2 Å². The first kappa shape index (κ1) is 15.7. The number of hydrogen-bond donors (Lipinski definition) is 3. The molecule has 0 heterocycles. The molecule has 7 heteroatoms. The Morgan fingerprint density at radius 2 is 1.14 bits per heavy atom. The molecular weight excluding hydrogens is 155 g/mol. The van der Waals surface area contributed by atoms with Gasteiger partial charge in [-0.25, -0.2) is 4.57 Å². The Morgan fingerprint density at radius 1 is 1.14 bits per heavy atom. The van der Waals surface area contributed by atoms with Gasteiger partial charge < -0.3 is 14.7 Å². The van der Waals surface area contributed by atoms with Crippen molar-refractivity contribution in [1.82, 2.24) is 0 Å². The van der Waals surface area contributed by atoms with E-state index in [1.165, 1.54) is 0 Å². The van der Waals surface area contributed by atoms with E-state index in [-0.39, 0.29) is 35.5 Å². The molecule has 0 aromatic carbocycles. The Bertz CT molecular complexity index is 57.8. The molecule has 0 aromatic rings. The second-order valence-corrected chi connectivity index (χ2v) is 1.54. The van der Waals surface area contributed by atoms with E-state index < -0.39 is 7.82 Å². The van der Waals surface area contributed by atoms with Gasteiger partial charge in [-0.15, -0.1) is 12.4 Å². The van der Waals surface area contributed by atoms with Crippen LogP contribution >= 0.6 is 20.2 Å². The molecule has 0 fully saturated rings. The first-order valence-corrected chi connectivity index (χ1v) is 2.35. The lowest BCUT2D eigenvalue weighted by Crippen LogP contribution is -1.66. The Labute approximate surface area is 62.7 Å². The van der Waals surface area contributed by atoms with E-state index in [0.717, 1.165) is 0 Å². The monoisotopic (exact) mass is 160 g/mol. The summed E-state index contributed by atoms with van der Waals surface area (Å²) in [5.74, 6) is 0. The summed E-state index contributed by atoms with van der Waals surface area (Å²) in [6.45, 7) is 0. The molecule has 0 rings (SSSR count). The molecule has 0 amide bonds. The van der Waals surface area contributed by atoms with Crippen molar-refractivity contribution in [2.24, 2.45) is 0 Å². The zero-order chi connectivity index (χ0) is 4.50. The van der Waals surface area contributed by atoms with Crippen LogP contribution in [0.5, 0.6) is 0 Å². The molecule has 0 atom stereocenters. The molecule has 44 valence electrons. The van der Waals surface area contributed by atoms with Gasteiger partial charge >= 0.3 is 30.9 Å². The highest BCUT2D eigenvalue weighted by atomic mass is 35.5. The lowest BCUT2D eigenvalue weighted by Gasteiger charge is -1.82. The normalized spacial score (nSPS) is 8.43. The van der Waals surface area contributed by atoms with Crippen LogP contribution in [0.1, 0.15) is 0 Å². The van der Waals surface area contributed by atoms with Crippen molar-refractivity contribution >= 4 is 43.3 Å². The van der Waals surface area contributed by atoms with Crippen LogP contribution in [-0.2, 0) is 4.57 Å². The fourth-order valence-electron chi connectivity index (χ4n) is 0. The average Bonchev–Trinajstić information content (AvgIpc) is 0.722. The van der Waals surface area contributed by atoms with Gasteiger partial charge in [0.15, 0.2) is 0 Å². The molecular formula is H6ClMgO4P. The number of halogens is 1. The molecule has 3 N–H and O–H groups in total. The Balaban J connectivity index is -0.0000000800. The zero-order valence-electron chi connectivity index (χ0n) is 2.61. The third-order valence-electron chi connectivity index (χ3n) is 0. The molecule has 4 nitrogen and oxygen atoms in total. The number of rotatable bonds is 0. The smallest absolute Gasteiger partial charge is 0.303 e. The molecule has 7 heavy (non-hydrogen) atoms. The highest BCUT2D eigenvalue weighted by Gasteiger charge is 2.00. The molecule has 0 unspecified atom stereocenters. The van der Waals surface area contributed by atoms with Crippen LogP contribution in [0.2, 0.25) is 0 Å². The maximum absolute atomic E-state index is 8.88. The van der Waals surface area contributed by atoms with E-state index in [1.807, 2.05) is 0 Å². The molecule has 0 aromatic heterocycles. The van der Waals surface area contributed by atoms with Crippen molar-refractivity contribution in [3.63, 3.8) is 0 Å². The van der Waals surface area contributed by atoms with Crippen molar-refractivity contribution in [1.29, 1.82) is 0 Å². The minimum absolute atomic E-state index is 0. The fourth-order valence-corrected chi connectivity index (χ4v) is 0. The quantitative estimate of drug-likeness (QED) is 0.300. The maximum Gasteiger partial charge on any atom is 0.466 e. The molecule has 0 bridgehead atoms. The summed E-state index contributed by atoms with van der Waals surface area (Å²) < 4.78 is 8.88. The summed E-state index contributed by atoms with van der Waals surface area (Å²) in [7, 11) is -4.64. The van der Waals surface area contributed by atoms with Crippen LogP contribution in [0.15, 0.2) is 0 Å². The zero-order valence-corrected chi connectivity index (χ0v) is 4.32. The molecule has 0 saturated heterocycles. The van der Waals surface area contributed by atoms with E-state index in [2.05, 4.69) is 0 Å². The predicted octanol–water partition coefficient (Wildman–Crippen LogP) is -1.42. The van der Waals surface area contributed by atoms with Crippen molar-refractivity contribution in [2.75, 3.05) is 0 Å². The van der Waals surface area contributed by atoms with Crippen molar-refractivity contribution in [2.45, 2.75) is 0 Å². The molecule has 0 radical (unpaired) electrons. The first-order chi connectivity index (χ1) is 2.00. The molecule has 0 saturated carbocycles. The number of hydrogen-bond acceptors (Lipinski definition) is 1. The maximum atomic E-state index is 8.88. The van der Waals surface area contributed by atoms with Gasteiger partial charge in [0.25, 0.3) is 0 Å². The van der Waals surface area contributed by atoms with Crippen LogP contribution < -0.4 is 0 Å². The third kappa shape index (κ3) is 141. The van der Waals surface area contributed by atoms with E-state index in [1.54, 1.807) is 0 Å². The van der Waals surface area contributed by atoms with Gasteiger partial charge in [0.1, 0.15) is 0 Å². The van der Waals surface area contributed by atoms with Gasteiger partial charge in [0.2, 0.25) is 0 Å². The summed E-state index contributed by atoms with van der Waals surface area (Å²) >= 11 is 0. The van der Waals surface area contributed by atoms with Crippen LogP contribution in [0, 0.1) is 0 Å². The van der Waals surface area contributed by atoms with E-state index in [4.69, 9.17) is 19.2 Å². The first-order valence-electron chi connectivity index (χ1n) is 0.783. The van der Waals surface area contributed by atoms with Crippen LogP contribution in [0.25, 0.3) is 0 Å². The van der Waals surface area contributed by atoms with Gasteiger partial charge in [-0.05, 0) is 0 Å². The summed E-state index contributed by atoms with van der Waals surface area (Å²) in [5.41, 5.74) is 0. The second-order valence-electron chi connectivity index (χ2n) is 0.513. The van der Waals surface area contributed by atoms with Crippen LogP contribution in [-0.4, -0.2) is 37.7 Å². The Morgan fingerprint density at radius 3 is 1.14 bits per heavy atom. The van der Waals surface area contributed by atoms with Crippen LogP contribution in [0.3, 0.4) is 0 Å². The van der Waals surface area contributed by atoms with Gasteiger partial charge in [-0.3, -0.25) is 0 Å². The lowest BCUT2D eigenvalue weighted by atomic mass is 15.8. The minimum Gasteiger partial charge on any atom is -0.303 e. The fraction of sp³-hybridized carbons (Fsp3) is 0. The lowest BCUT2D eigenvalue weighted by molar-refractivity contribution is 0.275. The van der Waals surface area contributed by atoms with Crippen molar-refractivity contribution in [3.8, 4) is 0 Å². The van der Waals surface area contributed by atoms with Gasteiger partial charge in [-0.1, -0.05) is 0 Å². The van der Waals surface area contributed by atoms with E-state index in [9.17, 15) is 0 Å². The standard InChI is InChI=1S/ClH.Mg.H3O4P.2H/c;;1-5(2,3)4;;/h1H;;(H3,1,2,3,4);;. The van der Waals surface area contributed by atoms with Gasteiger partial charge in [0, 0.05) is 0 Å². The molecule has 0 aliphatic heterocycles. The molecule has 0 aliphatic carbocycles. The topological polar surface area (TPSA) is 77.8 Å². The minimum atomic E-state index is -4.64. The van der Waals surface area contributed by atoms with Crippen LogP contribution in [0.4, 0.5) is 0 Å². The Hall–Kier alpha value is 1.17. The second kappa shape index (κ2) is 5.31. The Kier molecular flexibility index (Phi) is 11.9. The van der Waals surface area contributed by atoms with E-state index >= 15 is 0 Å². The predicted molar refractivity (Wildman–Crippen MR) is 30.1 cm³/mol. The molecule has 0 aliphatic rings. The highest BCUT2D eigenvalue weighted by Crippen LogP contribution is 2.25. The average molecular weight is 161 g/mol.